The normalized spacial score (nSPS) is 11.0. The summed E-state index contributed by atoms with van der Waals surface area (Å²) in [6.07, 6.45) is 55.3. The van der Waals surface area contributed by atoms with Gasteiger partial charge in [-0.05, 0) is 197 Å². The third-order valence-corrected chi connectivity index (χ3v) is 22.5. The van der Waals surface area contributed by atoms with Crippen LogP contribution in [0.2, 0.25) is 0 Å². The number of carbonyl (C=O) groups is 15. The minimum atomic E-state index is -0.149. The van der Waals surface area contributed by atoms with Gasteiger partial charge in [-0.15, -0.1) is 0 Å². The molecule has 0 aromatic rings. The maximum Gasteiger partial charge on any atom is 0.239 e. The molecule has 0 atom stereocenters. The second kappa shape index (κ2) is 103. The van der Waals surface area contributed by atoms with Gasteiger partial charge in [0.05, 0.1) is 25.7 Å². The molecule has 140 heavy (non-hydrogen) atoms. The van der Waals surface area contributed by atoms with Crippen molar-refractivity contribution in [3.05, 3.63) is 0 Å². The molecule has 0 aromatic heterocycles. The van der Waals surface area contributed by atoms with Crippen LogP contribution in [0.4, 0.5) is 0 Å². The second-order valence-electron chi connectivity index (χ2n) is 42.9. The van der Waals surface area contributed by atoms with E-state index in [1.54, 1.807) is 0 Å². The molecular formula is C114H220N10O16. The number of ketones is 5. The van der Waals surface area contributed by atoms with Crippen molar-refractivity contribution >= 4 is 88.0 Å². The molecule has 0 saturated heterocycles. The minimum Gasteiger partial charge on any atom is -0.379 e. The lowest BCUT2D eigenvalue weighted by Gasteiger charge is -2.09. The lowest BCUT2D eigenvalue weighted by molar-refractivity contribution is -0.126. The smallest absolute Gasteiger partial charge is 0.239 e. The highest BCUT2D eigenvalue weighted by atomic mass is 16.5. The average molecular weight is 1990 g/mol. The quantitative estimate of drug-likeness (QED) is 0.0253. The fraction of sp³-hybridized carbons (Fsp3) is 0.868. The van der Waals surface area contributed by atoms with Gasteiger partial charge in [0.2, 0.25) is 59.1 Å². The van der Waals surface area contributed by atoms with Crippen molar-refractivity contribution in [1.29, 1.82) is 0 Å². The Hall–Kier alpha value is -6.99. The summed E-state index contributed by atoms with van der Waals surface area (Å²) in [5.41, 5.74) is 0. The molecule has 0 aromatic carbocycles. The number of nitrogens with one attached hydrogen (secondary N) is 10. The van der Waals surface area contributed by atoms with Crippen LogP contribution in [-0.2, 0) is 76.7 Å². The summed E-state index contributed by atoms with van der Waals surface area (Å²) < 4.78 is 5.51. The first-order valence-corrected chi connectivity index (χ1v) is 56.2. The standard InChI is InChI=1S/2C20H38N2O3.C20H39NO2.C19H38N2O3.C18H34N2O3.C17H33NO2/c1-16(2)15-21-19(24)12-10-8-6-5-7-9-11-18(23)13-14-20(25)22-17(3)4;1-16(2)18(23)13-11-9-7-5-6-8-10-12-14-19(24)21-15-20(25)22-17(3)4;1-17(2)12-11-15-21-20(23)14-10-8-6-5-7-9-13-19(22)16-18(3)4;1-16(2)21-19(23)15-20-18(22)13-11-9-7-5-6-8-10-12-14-24-17(3)4;1-14(2)16(21)11-9-7-5-6-8-10-12-17(22)19-13-18(23)20-15(3)4;1-14(2)13-16(19)11-9-7-5-6-8-10-12-17(20)18-15(3)4/h2*16-17H,5-15H2,1-4H3,(H,21,24)(H,22,25);17-18H,5-16H2,1-4H3,(H,21,23);16-17H,5-15H2,1-4H3,(H,20,22)(H,21,23);14-15H,5-13H2,1-4H3,(H,19,22)(H,20,23);14-15H,5-13H2,1-4H3,(H,18,20). The first kappa shape index (κ1) is 144. The molecule has 0 fully saturated rings. The molecule has 0 aliphatic carbocycles. The highest BCUT2D eigenvalue weighted by molar-refractivity contribution is 5.87. The van der Waals surface area contributed by atoms with Crippen LogP contribution in [0.15, 0.2) is 0 Å². The predicted octanol–water partition coefficient (Wildman–Crippen LogP) is 23.6. The third-order valence-electron chi connectivity index (χ3n) is 22.5. The molecule has 0 aliphatic rings. The van der Waals surface area contributed by atoms with Crippen LogP contribution in [-0.4, -0.2) is 164 Å². The average Bonchev–Trinajstić information content (AvgIpc) is 0.991. The summed E-state index contributed by atoms with van der Waals surface area (Å²) in [6.45, 7) is 50.7. The van der Waals surface area contributed by atoms with Crippen molar-refractivity contribution in [3.63, 3.8) is 0 Å². The Balaban J connectivity index is -0.000000385. The van der Waals surface area contributed by atoms with E-state index < -0.39 is 0 Å². The van der Waals surface area contributed by atoms with E-state index >= 15 is 0 Å². The number of unbranched alkanes of at least 4 members (excludes halogenated alkanes) is 34. The Morgan fingerprint density at radius 2 is 0.421 bits per heavy atom. The monoisotopic (exact) mass is 1990 g/mol. The molecule has 0 unspecified atom stereocenters. The predicted molar refractivity (Wildman–Crippen MR) is 580 cm³/mol. The van der Waals surface area contributed by atoms with Crippen molar-refractivity contribution < 1.29 is 76.7 Å². The number of ether oxygens (including phenoxy) is 1. The zero-order chi connectivity index (χ0) is 107. The molecule has 0 rings (SSSR count). The van der Waals surface area contributed by atoms with E-state index in [0.29, 0.717) is 117 Å². The maximum absolute atomic E-state index is 11.7. The van der Waals surface area contributed by atoms with Crippen molar-refractivity contribution in [3.8, 4) is 0 Å². The molecule has 0 saturated carbocycles. The number of hydrogen-bond acceptors (Lipinski definition) is 16. The van der Waals surface area contributed by atoms with Crippen LogP contribution in [0.3, 0.4) is 0 Å². The molecule has 26 nitrogen and oxygen atoms in total. The highest BCUT2D eigenvalue weighted by Crippen LogP contribution is 2.19. The zero-order valence-electron chi connectivity index (χ0n) is 94.5. The summed E-state index contributed by atoms with van der Waals surface area (Å²) in [5.74, 6) is 4.15. The van der Waals surface area contributed by atoms with E-state index in [1.807, 2.05) is 96.9 Å². The first-order chi connectivity index (χ1) is 66.2. The van der Waals surface area contributed by atoms with Gasteiger partial charge in [-0.1, -0.05) is 263 Å². The summed E-state index contributed by atoms with van der Waals surface area (Å²) >= 11 is 0. The van der Waals surface area contributed by atoms with Crippen LogP contribution < -0.4 is 53.2 Å². The molecule has 10 amide bonds. The molecule has 0 radical (unpaired) electrons. The topological polar surface area (TPSA) is 386 Å². The largest absolute Gasteiger partial charge is 0.379 e. The number of rotatable bonds is 85. The molecule has 0 heterocycles. The van der Waals surface area contributed by atoms with E-state index in [4.69, 9.17) is 4.74 Å². The molecule has 0 aliphatic heterocycles. The number of carbonyl (C=O) groups excluding carboxylic acids is 15. The van der Waals surface area contributed by atoms with Crippen molar-refractivity contribution in [2.24, 2.45) is 35.5 Å². The highest BCUT2D eigenvalue weighted by Gasteiger charge is 2.16. The Morgan fingerprint density at radius 1 is 0.193 bits per heavy atom. The summed E-state index contributed by atoms with van der Waals surface area (Å²) in [7, 11) is 0. The van der Waals surface area contributed by atoms with Gasteiger partial charge < -0.3 is 57.9 Å². The lowest BCUT2D eigenvalue weighted by atomic mass is 10.0. The van der Waals surface area contributed by atoms with Gasteiger partial charge in [0.15, 0.2) is 0 Å². The van der Waals surface area contributed by atoms with Crippen LogP contribution in [0, 0.1) is 35.5 Å². The van der Waals surface area contributed by atoms with Crippen LogP contribution in [0.5, 0.6) is 0 Å². The summed E-state index contributed by atoms with van der Waals surface area (Å²) in [4.78, 5) is 173. The van der Waals surface area contributed by atoms with Gasteiger partial charge in [0, 0.05) is 158 Å². The van der Waals surface area contributed by atoms with Crippen molar-refractivity contribution in [2.45, 2.75) is 568 Å². The molecular weight excluding hydrogens is 1770 g/mol. The van der Waals surface area contributed by atoms with E-state index in [-0.39, 0.29) is 127 Å². The number of Topliss-reactive ketones (excluding diaryl/α,β-unsaturated/α-hetero) is 5. The fourth-order valence-corrected chi connectivity index (χ4v) is 14.7. The SMILES string of the molecule is CC(C)CC(=O)CCCCCCCCC(=O)NC(C)C.CC(C)CCCNC(=O)CCCCCCCCC(=O)CC(C)C.CC(C)CNC(=O)CCCCCCCCC(=O)CCC(=O)NC(C)C.CC(C)NC(=O)CNC(=O)CCCCCCCCC(=O)C(C)C.CC(C)NC(=O)CNC(=O)CCCCCCCCCCC(=O)C(C)C.CC(C)NC(=O)CNC(=O)CCCCCCCCCCOC(C)C. The van der Waals surface area contributed by atoms with Crippen molar-refractivity contribution in [2.75, 3.05) is 39.3 Å². The van der Waals surface area contributed by atoms with E-state index in [1.165, 1.54) is 83.5 Å². The lowest BCUT2D eigenvalue weighted by Crippen LogP contribution is -2.39. The van der Waals surface area contributed by atoms with Gasteiger partial charge in [0.1, 0.15) is 28.9 Å². The van der Waals surface area contributed by atoms with Crippen molar-refractivity contribution in [1.82, 2.24) is 53.2 Å². The van der Waals surface area contributed by atoms with E-state index in [2.05, 4.69) is 122 Å². The maximum atomic E-state index is 11.7. The van der Waals surface area contributed by atoms with Gasteiger partial charge in [-0.25, -0.2) is 0 Å². The van der Waals surface area contributed by atoms with Crippen LogP contribution >= 0.6 is 0 Å². The van der Waals surface area contributed by atoms with E-state index in [0.717, 1.165) is 238 Å². The van der Waals surface area contributed by atoms with Gasteiger partial charge >= 0.3 is 0 Å². The number of amides is 10. The van der Waals surface area contributed by atoms with E-state index in [9.17, 15) is 71.9 Å². The Morgan fingerprint density at radius 3 is 0.679 bits per heavy atom. The fourth-order valence-electron chi connectivity index (χ4n) is 14.7. The molecule has 0 bridgehead atoms. The second-order valence-corrected chi connectivity index (χ2v) is 42.9. The van der Waals surface area contributed by atoms with Crippen LogP contribution in [0.25, 0.3) is 0 Å². The third kappa shape index (κ3) is 127. The van der Waals surface area contributed by atoms with Gasteiger partial charge in [-0.2, -0.15) is 0 Å². The summed E-state index contributed by atoms with van der Waals surface area (Å²) in [6, 6.07) is 0.669. The van der Waals surface area contributed by atoms with Gasteiger partial charge in [0.25, 0.3) is 0 Å². The minimum absolute atomic E-state index is 0.0286. The Kier molecular flexibility index (Phi) is 106. The number of hydrogen-bond donors (Lipinski definition) is 10. The molecule has 822 valence electrons. The molecule has 10 N–H and O–H groups in total. The van der Waals surface area contributed by atoms with Crippen LogP contribution in [0.1, 0.15) is 532 Å². The molecule has 0 spiro atoms. The first-order valence-electron chi connectivity index (χ1n) is 56.2. The van der Waals surface area contributed by atoms with Gasteiger partial charge in [-0.3, -0.25) is 71.9 Å². The zero-order valence-corrected chi connectivity index (χ0v) is 94.5. The Labute approximate surface area is 856 Å². The summed E-state index contributed by atoms with van der Waals surface area (Å²) in [5, 5.41) is 27.8. The molecule has 26 heteroatoms. The Bertz CT molecular complexity index is 3070.